The van der Waals surface area contributed by atoms with Gasteiger partial charge >= 0.3 is 17.4 Å². The lowest BCUT2D eigenvalue weighted by Crippen LogP contribution is -2.50. The first-order valence-electron chi connectivity index (χ1n) is 4.18. The standard InChI is InChI=1S/C7H8F5NO4S/c1-2-5(14)17-4-3-13-18(15,16)7(11,12)6(8,9)10/h2,13H,1,3-4H2. The maximum atomic E-state index is 12.5. The normalized spacial score (nSPS) is 13.2. The number of nitrogens with one attached hydrogen (secondary N) is 1. The predicted molar refractivity (Wildman–Crippen MR) is 49.1 cm³/mol. The quantitative estimate of drug-likeness (QED) is 0.340. The van der Waals surface area contributed by atoms with Crippen molar-refractivity contribution in [3.05, 3.63) is 12.7 Å². The van der Waals surface area contributed by atoms with Crippen molar-refractivity contribution in [2.75, 3.05) is 13.2 Å². The highest BCUT2D eigenvalue weighted by molar-refractivity contribution is 7.90. The lowest BCUT2D eigenvalue weighted by atomic mass is 10.6. The molecular formula is C7H8F5NO4S. The van der Waals surface area contributed by atoms with Gasteiger partial charge in [-0.3, -0.25) is 0 Å². The Morgan fingerprint density at radius 2 is 1.78 bits per heavy atom. The number of halogens is 5. The van der Waals surface area contributed by atoms with Crippen LogP contribution in [0.15, 0.2) is 12.7 Å². The van der Waals surface area contributed by atoms with Crippen molar-refractivity contribution in [2.24, 2.45) is 0 Å². The third-order valence-electron chi connectivity index (χ3n) is 1.47. The Labute approximate surface area is 98.7 Å². The van der Waals surface area contributed by atoms with E-state index in [-0.39, 0.29) is 0 Å². The molecule has 0 aromatic rings. The molecule has 0 spiro atoms. The Hall–Kier alpha value is -1.23. The zero-order chi connectivity index (χ0) is 14.6. The molecule has 18 heavy (non-hydrogen) atoms. The van der Waals surface area contributed by atoms with Gasteiger partial charge in [0, 0.05) is 12.6 Å². The molecule has 0 aliphatic heterocycles. The Morgan fingerprint density at radius 1 is 1.28 bits per heavy atom. The van der Waals surface area contributed by atoms with E-state index in [9.17, 15) is 35.2 Å². The van der Waals surface area contributed by atoms with E-state index in [4.69, 9.17) is 0 Å². The minimum Gasteiger partial charge on any atom is -0.461 e. The van der Waals surface area contributed by atoms with Gasteiger partial charge in [0.05, 0.1) is 0 Å². The third kappa shape index (κ3) is 3.91. The second-order valence-corrected chi connectivity index (χ2v) is 4.59. The van der Waals surface area contributed by atoms with E-state index in [1.54, 1.807) is 0 Å². The zero-order valence-corrected chi connectivity index (χ0v) is 9.45. The van der Waals surface area contributed by atoms with Crippen LogP contribution in [0.2, 0.25) is 0 Å². The average molecular weight is 297 g/mol. The number of ether oxygens (including phenoxy) is 1. The fraction of sp³-hybridized carbons (Fsp3) is 0.571. The molecule has 0 saturated heterocycles. The molecule has 0 saturated carbocycles. The number of carbonyl (C=O) groups is 1. The van der Waals surface area contributed by atoms with Crippen molar-refractivity contribution in [3.8, 4) is 0 Å². The molecule has 11 heteroatoms. The molecule has 106 valence electrons. The van der Waals surface area contributed by atoms with Gasteiger partial charge < -0.3 is 4.74 Å². The second-order valence-electron chi connectivity index (χ2n) is 2.78. The number of esters is 1. The molecule has 0 amide bonds. The molecule has 5 nitrogen and oxygen atoms in total. The molecule has 0 aromatic carbocycles. The second kappa shape index (κ2) is 5.61. The number of carbonyl (C=O) groups excluding carboxylic acids is 1. The van der Waals surface area contributed by atoms with Crippen molar-refractivity contribution in [1.82, 2.24) is 4.72 Å². The van der Waals surface area contributed by atoms with E-state index in [1.807, 2.05) is 0 Å². The first-order valence-corrected chi connectivity index (χ1v) is 5.67. The molecule has 0 atom stereocenters. The average Bonchev–Trinajstić information content (AvgIpc) is 2.22. The minimum absolute atomic E-state index is 0.707. The first kappa shape index (κ1) is 16.8. The van der Waals surface area contributed by atoms with Gasteiger partial charge in [-0.05, 0) is 0 Å². The van der Waals surface area contributed by atoms with Crippen LogP contribution in [-0.2, 0) is 19.6 Å². The summed E-state index contributed by atoms with van der Waals surface area (Å²) in [4.78, 5) is 10.4. The van der Waals surface area contributed by atoms with Gasteiger partial charge in [0.15, 0.2) is 0 Å². The fourth-order valence-corrected chi connectivity index (χ4v) is 1.47. The monoisotopic (exact) mass is 297 g/mol. The van der Waals surface area contributed by atoms with E-state index in [0.717, 1.165) is 4.72 Å². The highest BCUT2D eigenvalue weighted by Crippen LogP contribution is 2.39. The number of sulfonamides is 1. The molecule has 0 radical (unpaired) electrons. The maximum absolute atomic E-state index is 12.5. The van der Waals surface area contributed by atoms with Crippen molar-refractivity contribution in [2.45, 2.75) is 11.4 Å². The molecule has 0 aliphatic carbocycles. The molecule has 0 bridgehead atoms. The maximum Gasteiger partial charge on any atom is 0.470 e. The Bertz CT molecular complexity index is 416. The van der Waals surface area contributed by atoms with Crippen molar-refractivity contribution >= 4 is 16.0 Å². The Balaban J connectivity index is 4.51. The van der Waals surface area contributed by atoms with Crippen LogP contribution in [0.1, 0.15) is 0 Å². The summed E-state index contributed by atoms with van der Waals surface area (Å²) in [7, 11) is -5.95. The molecule has 0 aliphatic rings. The van der Waals surface area contributed by atoms with Crippen LogP contribution in [0.4, 0.5) is 22.0 Å². The molecule has 1 N–H and O–H groups in total. The molecular weight excluding hydrogens is 289 g/mol. The number of rotatable bonds is 6. The molecule has 0 heterocycles. The predicted octanol–water partition coefficient (Wildman–Crippen LogP) is 0.790. The Morgan fingerprint density at radius 3 is 2.17 bits per heavy atom. The molecule has 0 unspecified atom stereocenters. The smallest absolute Gasteiger partial charge is 0.461 e. The molecule has 0 rings (SSSR count). The van der Waals surface area contributed by atoms with Gasteiger partial charge in [-0.2, -0.15) is 22.0 Å². The highest BCUT2D eigenvalue weighted by atomic mass is 32.2. The van der Waals surface area contributed by atoms with E-state index in [2.05, 4.69) is 11.3 Å². The third-order valence-corrected chi connectivity index (χ3v) is 2.96. The van der Waals surface area contributed by atoms with Crippen molar-refractivity contribution in [3.63, 3.8) is 0 Å². The van der Waals surface area contributed by atoms with Crippen LogP contribution in [-0.4, -0.2) is 39.0 Å². The van der Waals surface area contributed by atoms with Gasteiger partial charge in [0.1, 0.15) is 6.61 Å². The van der Waals surface area contributed by atoms with E-state index in [1.165, 1.54) is 0 Å². The zero-order valence-electron chi connectivity index (χ0n) is 8.63. The number of alkyl halides is 5. The molecule has 0 fully saturated rings. The minimum atomic E-state index is -6.24. The van der Waals surface area contributed by atoms with Crippen LogP contribution in [0, 0.1) is 0 Å². The van der Waals surface area contributed by atoms with Gasteiger partial charge in [0.2, 0.25) is 0 Å². The summed E-state index contributed by atoms with van der Waals surface area (Å²) in [6, 6.07) is 0. The fourth-order valence-electron chi connectivity index (χ4n) is 0.630. The van der Waals surface area contributed by atoms with Gasteiger partial charge in [-0.15, -0.1) is 0 Å². The summed E-state index contributed by atoms with van der Waals surface area (Å²) in [5.41, 5.74) is 0. The SMILES string of the molecule is C=CC(=O)OCCNS(=O)(=O)C(F)(F)C(F)(F)F. The summed E-state index contributed by atoms with van der Waals surface area (Å²) in [5, 5.41) is -5.93. The van der Waals surface area contributed by atoms with Crippen LogP contribution in [0.3, 0.4) is 0 Å². The topological polar surface area (TPSA) is 72.5 Å². The van der Waals surface area contributed by atoms with Gasteiger partial charge in [-0.1, -0.05) is 6.58 Å². The first-order chi connectivity index (χ1) is 7.95. The van der Waals surface area contributed by atoms with Crippen molar-refractivity contribution in [1.29, 1.82) is 0 Å². The van der Waals surface area contributed by atoms with Gasteiger partial charge in [0.25, 0.3) is 10.0 Å². The lowest BCUT2D eigenvalue weighted by molar-refractivity contribution is -0.241. The number of hydrogen-bond donors (Lipinski definition) is 1. The van der Waals surface area contributed by atoms with Crippen LogP contribution in [0.25, 0.3) is 0 Å². The lowest BCUT2D eigenvalue weighted by Gasteiger charge is -2.19. The van der Waals surface area contributed by atoms with E-state index < -0.39 is 40.6 Å². The summed E-state index contributed by atoms with van der Waals surface area (Å²) in [6.07, 6.45) is -5.53. The molecule has 0 aromatic heterocycles. The van der Waals surface area contributed by atoms with Crippen molar-refractivity contribution < 1.29 is 39.9 Å². The van der Waals surface area contributed by atoms with Crippen LogP contribution >= 0.6 is 0 Å². The summed E-state index contributed by atoms with van der Waals surface area (Å²) in [6.45, 7) is 1.34. The van der Waals surface area contributed by atoms with E-state index in [0.29, 0.717) is 6.08 Å². The summed E-state index contributed by atoms with van der Waals surface area (Å²) in [5.74, 6) is -0.975. The summed E-state index contributed by atoms with van der Waals surface area (Å²) < 4.78 is 86.7. The van der Waals surface area contributed by atoms with Crippen LogP contribution < -0.4 is 4.72 Å². The number of hydrogen-bond acceptors (Lipinski definition) is 4. The van der Waals surface area contributed by atoms with Crippen LogP contribution in [0.5, 0.6) is 0 Å². The van der Waals surface area contributed by atoms with E-state index >= 15 is 0 Å². The van der Waals surface area contributed by atoms with Gasteiger partial charge in [-0.25, -0.2) is 17.9 Å². The summed E-state index contributed by atoms with van der Waals surface area (Å²) >= 11 is 0. The highest BCUT2D eigenvalue weighted by Gasteiger charge is 2.67. The Kier molecular flexibility index (Phi) is 5.22. The largest absolute Gasteiger partial charge is 0.470 e.